The molecule has 3 aromatic carbocycles. The molecule has 150 valence electrons. The first-order chi connectivity index (χ1) is 14.6. The number of hydrogen-bond donors (Lipinski definition) is 1. The third kappa shape index (κ3) is 3.77. The van der Waals surface area contributed by atoms with Crippen molar-refractivity contribution in [3.05, 3.63) is 95.9 Å². The van der Waals surface area contributed by atoms with Gasteiger partial charge in [-0.3, -0.25) is 4.79 Å². The summed E-state index contributed by atoms with van der Waals surface area (Å²) in [6.07, 6.45) is 0.870. The molecular weight excluding hydrogens is 377 g/mol. The van der Waals surface area contributed by atoms with E-state index in [0.29, 0.717) is 16.9 Å². The van der Waals surface area contributed by atoms with E-state index < -0.39 is 5.82 Å². The Morgan fingerprint density at radius 3 is 2.20 bits per heavy atom. The van der Waals surface area contributed by atoms with Crippen LogP contribution in [0.1, 0.15) is 35.8 Å². The highest BCUT2D eigenvalue weighted by molar-refractivity contribution is 5.97. The summed E-state index contributed by atoms with van der Waals surface area (Å²) in [6, 6.07) is 23.6. The maximum absolute atomic E-state index is 14.5. The molecule has 0 radical (unpaired) electrons. The largest absolute Gasteiger partial charge is 0.454 e. The van der Waals surface area contributed by atoms with Crippen LogP contribution in [0, 0.1) is 5.82 Å². The molecule has 0 spiro atoms. The second kappa shape index (κ2) is 8.37. The molecule has 0 bridgehead atoms. The first-order valence-electron chi connectivity index (χ1n) is 9.87. The zero-order chi connectivity index (χ0) is 21.1. The molecule has 0 saturated heterocycles. The van der Waals surface area contributed by atoms with Gasteiger partial charge in [0.2, 0.25) is 0 Å². The van der Waals surface area contributed by atoms with Crippen molar-refractivity contribution >= 4 is 6.29 Å². The fourth-order valence-corrected chi connectivity index (χ4v) is 3.59. The SMILES string of the molecule is CC(C)c1[nH]c(-c2ccccc2)c(-c2ccc(F)c(Oc3ccccc3)c2)c1C=O. The Labute approximate surface area is 175 Å². The molecule has 4 aromatic rings. The number of para-hydroxylation sites is 1. The van der Waals surface area contributed by atoms with Crippen LogP contribution in [0.3, 0.4) is 0 Å². The first kappa shape index (κ1) is 19.6. The monoisotopic (exact) mass is 399 g/mol. The van der Waals surface area contributed by atoms with Crippen LogP contribution < -0.4 is 4.74 Å². The molecule has 3 nitrogen and oxygen atoms in total. The minimum Gasteiger partial charge on any atom is -0.454 e. The van der Waals surface area contributed by atoms with Crippen molar-refractivity contribution in [3.8, 4) is 33.9 Å². The minimum atomic E-state index is -0.462. The summed E-state index contributed by atoms with van der Waals surface area (Å²) in [6.45, 7) is 4.07. The lowest BCUT2D eigenvalue weighted by molar-refractivity contribution is 0.112. The van der Waals surface area contributed by atoms with Crippen LogP contribution in [-0.2, 0) is 0 Å². The number of carbonyl (C=O) groups excluding carboxylic acids is 1. The van der Waals surface area contributed by atoms with Crippen molar-refractivity contribution in [3.63, 3.8) is 0 Å². The molecule has 0 saturated carbocycles. The molecule has 0 aliphatic carbocycles. The van der Waals surface area contributed by atoms with Gasteiger partial charge in [-0.15, -0.1) is 0 Å². The van der Waals surface area contributed by atoms with E-state index in [1.165, 1.54) is 6.07 Å². The van der Waals surface area contributed by atoms with Crippen molar-refractivity contribution in [2.75, 3.05) is 0 Å². The van der Waals surface area contributed by atoms with Gasteiger partial charge in [0.05, 0.1) is 5.69 Å². The fraction of sp³-hybridized carbons (Fsp3) is 0.115. The summed E-state index contributed by atoms with van der Waals surface area (Å²) < 4.78 is 20.3. The summed E-state index contributed by atoms with van der Waals surface area (Å²) in [4.78, 5) is 15.5. The second-order valence-electron chi connectivity index (χ2n) is 7.40. The maximum atomic E-state index is 14.5. The zero-order valence-electron chi connectivity index (χ0n) is 16.9. The number of carbonyl (C=O) groups is 1. The molecule has 4 rings (SSSR count). The Kier molecular flexibility index (Phi) is 5.48. The van der Waals surface area contributed by atoms with Crippen LogP contribution in [0.2, 0.25) is 0 Å². The molecule has 30 heavy (non-hydrogen) atoms. The maximum Gasteiger partial charge on any atom is 0.165 e. The number of hydrogen-bond acceptors (Lipinski definition) is 2. The summed E-state index contributed by atoms with van der Waals surface area (Å²) in [5, 5.41) is 0. The van der Waals surface area contributed by atoms with E-state index in [1.807, 2.05) is 62.4 Å². The molecule has 4 heteroatoms. The minimum absolute atomic E-state index is 0.113. The van der Waals surface area contributed by atoms with Crippen LogP contribution in [0.25, 0.3) is 22.4 Å². The predicted molar refractivity (Wildman–Crippen MR) is 118 cm³/mol. The van der Waals surface area contributed by atoms with Gasteiger partial charge in [-0.25, -0.2) is 4.39 Å². The molecule has 0 atom stereocenters. The number of aldehydes is 1. The number of halogens is 1. The molecule has 1 N–H and O–H groups in total. The molecule has 1 aromatic heterocycles. The van der Waals surface area contributed by atoms with Crippen LogP contribution >= 0.6 is 0 Å². The van der Waals surface area contributed by atoms with E-state index in [0.717, 1.165) is 28.8 Å². The van der Waals surface area contributed by atoms with E-state index in [9.17, 15) is 9.18 Å². The summed E-state index contributed by atoms with van der Waals surface area (Å²) in [5.74, 6) is 0.323. The number of benzene rings is 3. The van der Waals surface area contributed by atoms with Gasteiger partial charge >= 0.3 is 0 Å². The predicted octanol–water partition coefficient (Wildman–Crippen LogP) is 7.22. The smallest absolute Gasteiger partial charge is 0.165 e. The van der Waals surface area contributed by atoms with E-state index in [-0.39, 0.29) is 11.7 Å². The third-order valence-corrected chi connectivity index (χ3v) is 5.02. The van der Waals surface area contributed by atoms with Crippen molar-refractivity contribution in [2.24, 2.45) is 0 Å². The molecule has 1 heterocycles. The van der Waals surface area contributed by atoms with Crippen LogP contribution in [0.5, 0.6) is 11.5 Å². The Bertz CT molecular complexity index is 1160. The molecule has 0 aliphatic rings. The number of nitrogens with one attached hydrogen (secondary N) is 1. The average molecular weight is 399 g/mol. The van der Waals surface area contributed by atoms with E-state index in [1.54, 1.807) is 24.3 Å². The van der Waals surface area contributed by atoms with E-state index in [2.05, 4.69) is 4.98 Å². The van der Waals surface area contributed by atoms with E-state index >= 15 is 0 Å². The molecule has 0 aliphatic heterocycles. The highest BCUT2D eigenvalue weighted by Gasteiger charge is 2.22. The van der Waals surface area contributed by atoms with Crippen LogP contribution in [-0.4, -0.2) is 11.3 Å². The lowest BCUT2D eigenvalue weighted by atomic mass is 9.95. The molecule has 0 amide bonds. The lowest BCUT2D eigenvalue weighted by Gasteiger charge is -2.11. The highest BCUT2D eigenvalue weighted by Crippen LogP contribution is 2.40. The number of aromatic nitrogens is 1. The molecule has 0 fully saturated rings. The van der Waals surface area contributed by atoms with E-state index in [4.69, 9.17) is 4.74 Å². The van der Waals surface area contributed by atoms with Crippen molar-refractivity contribution in [1.82, 2.24) is 4.98 Å². The van der Waals surface area contributed by atoms with Crippen molar-refractivity contribution in [1.29, 1.82) is 0 Å². The molecule has 0 unspecified atom stereocenters. The summed E-state index contributed by atoms with van der Waals surface area (Å²) in [5.41, 5.74) is 4.69. The average Bonchev–Trinajstić information content (AvgIpc) is 3.17. The topological polar surface area (TPSA) is 42.1 Å². The van der Waals surface area contributed by atoms with Gasteiger partial charge in [0.1, 0.15) is 5.75 Å². The standard InChI is InChI=1S/C26H22FNO2/c1-17(2)25-21(16-29)24(26(28-25)18-9-5-3-6-10-18)19-13-14-22(27)23(15-19)30-20-11-7-4-8-12-20/h3-17,28H,1-2H3. The fourth-order valence-electron chi connectivity index (χ4n) is 3.59. The zero-order valence-corrected chi connectivity index (χ0v) is 16.9. The third-order valence-electron chi connectivity index (χ3n) is 5.02. The number of rotatable bonds is 6. The number of H-pyrrole nitrogens is 1. The van der Waals surface area contributed by atoms with Gasteiger partial charge in [-0.2, -0.15) is 0 Å². The lowest BCUT2D eigenvalue weighted by Crippen LogP contribution is -1.94. The van der Waals surface area contributed by atoms with Gasteiger partial charge < -0.3 is 9.72 Å². The number of ether oxygens (including phenoxy) is 1. The second-order valence-corrected chi connectivity index (χ2v) is 7.40. The van der Waals surface area contributed by atoms with Gasteiger partial charge in [0.25, 0.3) is 0 Å². The summed E-state index contributed by atoms with van der Waals surface area (Å²) in [7, 11) is 0. The van der Waals surface area contributed by atoms with Crippen LogP contribution in [0.15, 0.2) is 78.9 Å². The summed E-state index contributed by atoms with van der Waals surface area (Å²) >= 11 is 0. The Morgan fingerprint density at radius 1 is 0.900 bits per heavy atom. The quantitative estimate of drug-likeness (QED) is 0.348. The Hall–Kier alpha value is -3.66. The Balaban J connectivity index is 1.89. The molecular formula is C26H22FNO2. The van der Waals surface area contributed by atoms with Gasteiger partial charge in [-0.05, 0) is 41.3 Å². The highest BCUT2D eigenvalue weighted by atomic mass is 19.1. The Morgan fingerprint density at radius 2 is 1.57 bits per heavy atom. The normalized spacial score (nSPS) is 10.9. The number of aromatic amines is 1. The van der Waals surface area contributed by atoms with Gasteiger partial charge in [-0.1, -0.05) is 68.4 Å². The first-order valence-corrected chi connectivity index (χ1v) is 9.87. The van der Waals surface area contributed by atoms with Crippen molar-refractivity contribution in [2.45, 2.75) is 19.8 Å². The van der Waals surface area contributed by atoms with Gasteiger partial charge in [0, 0.05) is 16.8 Å². The van der Waals surface area contributed by atoms with Crippen LogP contribution in [0.4, 0.5) is 4.39 Å². The van der Waals surface area contributed by atoms with Gasteiger partial charge in [0.15, 0.2) is 17.9 Å². The van der Waals surface area contributed by atoms with Crippen molar-refractivity contribution < 1.29 is 13.9 Å².